The van der Waals surface area contributed by atoms with Crippen LogP contribution in [-0.2, 0) is 4.74 Å². The molecular weight excluding hydrogens is 362 g/mol. The van der Waals surface area contributed by atoms with E-state index in [0.29, 0.717) is 10.6 Å². The molecule has 0 saturated carbocycles. The van der Waals surface area contributed by atoms with Crippen LogP contribution < -0.4 is 5.32 Å². The summed E-state index contributed by atoms with van der Waals surface area (Å²) in [4.78, 5) is 33.0. The lowest BCUT2D eigenvalue weighted by molar-refractivity contribution is 0.0380. The Morgan fingerprint density at radius 3 is 2.52 bits per heavy atom. The molecule has 0 bridgehead atoms. The summed E-state index contributed by atoms with van der Waals surface area (Å²) in [6, 6.07) is 7.83. The monoisotopic (exact) mass is 381 g/mol. The lowest BCUT2D eigenvalue weighted by Crippen LogP contribution is -2.17. The number of ether oxygens (including phenoxy) is 1. The van der Waals surface area contributed by atoms with E-state index >= 15 is 0 Å². The number of hydrogen-bond donors (Lipinski definition) is 1. The second-order valence-electron chi connectivity index (χ2n) is 6.22. The molecule has 0 saturated heterocycles. The van der Waals surface area contributed by atoms with Crippen molar-refractivity contribution in [3.8, 4) is 11.1 Å². The number of rotatable bonds is 5. The van der Waals surface area contributed by atoms with E-state index in [2.05, 4.69) is 15.3 Å². The van der Waals surface area contributed by atoms with Gasteiger partial charge < -0.3 is 10.1 Å². The van der Waals surface area contributed by atoms with Crippen LogP contribution in [-0.4, -0.2) is 27.9 Å². The summed E-state index contributed by atoms with van der Waals surface area (Å²) in [5, 5.41) is 5.02. The van der Waals surface area contributed by atoms with Gasteiger partial charge in [0.05, 0.1) is 12.3 Å². The van der Waals surface area contributed by atoms with Crippen molar-refractivity contribution in [1.29, 1.82) is 0 Å². The van der Waals surface area contributed by atoms with E-state index in [1.807, 2.05) is 36.6 Å². The Balaban J connectivity index is 1.99. The highest BCUT2D eigenvalue weighted by Gasteiger charge is 2.24. The largest absolute Gasteiger partial charge is 0.459 e. The zero-order valence-corrected chi connectivity index (χ0v) is 16.0. The molecule has 3 rings (SSSR count). The molecule has 0 aliphatic heterocycles. The maximum Gasteiger partial charge on any atom is 0.342 e. The fourth-order valence-electron chi connectivity index (χ4n) is 2.45. The quantitative estimate of drug-likeness (QED) is 0.665. The van der Waals surface area contributed by atoms with E-state index in [-0.39, 0.29) is 11.8 Å². The van der Waals surface area contributed by atoms with Gasteiger partial charge in [-0.3, -0.25) is 9.78 Å². The minimum absolute atomic E-state index is 0.172. The standard InChI is InChI=1S/C20H19N3O3S/c1-12(2)26-20(25)17-15(14-6-4-13(3)5-7-14)11-27-19(17)23-18(24)16-10-21-8-9-22-16/h4-12H,1-3H3,(H,23,24). The fraction of sp³-hybridized carbons (Fsp3) is 0.200. The molecule has 1 aromatic carbocycles. The molecule has 1 N–H and O–H groups in total. The zero-order valence-electron chi connectivity index (χ0n) is 15.2. The molecule has 6 nitrogen and oxygen atoms in total. The summed E-state index contributed by atoms with van der Waals surface area (Å²) < 4.78 is 5.40. The Kier molecular flexibility index (Phi) is 5.61. The number of aryl methyl sites for hydroxylation is 1. The molecule has 27 heavy (non-hydrogen) atoms. The molecule has 0 aliphatic rings. The third kappa shape index (κ3) is 4.38. The molecule has 7 heteroatoms. The fourth-order valence-corrected chi connectivity index (χ4v) is 3.41. The molecule has 2 heterocycles. The van der Waals surface area contributed by atoms with Crippen LogP contribution in [0.5, 0.6) is 0 Å². The Bertz CT molecular complexity index is 950. The first-order valence-corrected chi connectivity index (χ1v) is 9.30. The second-order valence-corrected chi connectivity index (χ2v) is 7.10. The molecule has 0 atom stereocenters. The average Bonchev–Trinajstić information content (AvgIpc) is 3.06. The molecule has 0 spiro atoms. The molecule has 138 valence electrons. The number of benzene rings is 1. The van der Waals surface area contributed by atoms with Crippen LogP contribution in [0.3, 0.4) is 0 Å². The highest BCUT2D eigenvalue weighted by Crippen LogP contribution is 2.36. The number of amides is 1. The highest BCUT2D eigenvalue weighted by atomic mass is 32.1. The number of carbonyl (C=O) groups is 2. The van der Waals surface area contributed by atoms with E-state index in [1.54, 1.807) is 13.8 Å². The molecule has 0 unspecified atom stereocenters. The van der Waals surface area contributed by atoms with E-state index in [1.165, 1.54) is 29.9 Å². The summed E-state index contributed by atoms with van der Waals surface area (Å²) in [5.41, 5.74) is 3.24. The number of thiophene rings is 1. The number of anilines is 1. The van der Waals surface area contributed by atoms with Crippen LogP contribution in [0.25, 0.3) is 11.1 Å². The lowest BCUT2D eigenvalue weighted by atomic mass is 10.0. The van der Waals surface area contributed by atoms with Crippen molar-refractivity contribution in [2.24, 2.45) is 0 Å². The van der Waals surface area contributed by atoms with Gasteiger partial charge in [-0.2, -0.15) is 0 Å². The predicted octanol–water partition coefficient (Wildman–Crippen LogP) is 4.33. The lowest BCUT2D eigenvalue weighted by Gasteiger charge is -2.11. The molecular formula is C20H19N3O3S. The smallest absolute Gasteiger partial charge is 0.342 e. The SMILES string of the molecule is Cc1ccc(-c2csc(NC(=O)c3cnccn3)c2C(=O)OC(C)C)cc1. The summed E-state index contributed by atoms with van der Waals surface area (Å²) in [5.74, 6) is -0.907. The predicted molar refractivity (Wildman–Crippen MR) is 105 cm³/mol. The molecule has 0 fully saturated rings. The van der Waals surface area contributed by atoms with Gasteiger partial charge in [0, 0.05) is 23.3 Å². The minimum Gasteiger partial charge on any atom is -0.459 e. The number of hydrogen-bond acceptors (Lipinski definition) is 6. The second kappa shape index (κ2) is 8.09. The van der Waals surface area contributed by atoms with Crippen molar-refractivity contribution in [3.05, 3.63) is 65.1 Å². The molecule has 2 aromatic heterocycles. The van der Waals surface area contributed by atoms with Gasteiger partial charge in [-0.15, -0.1) is 11.3 Å². The first kappa shape index (κ1) is 18.7. The van der Waals surface area contributed by atoms with Gasteiger partial charge in [0.25, 0.3) is 5.91 Å². The first-order chi connectivity index (χ1) is 13.0. The summed E-state index contributed by atoms with van der Waals surface area (Å²) in [7, 11) is 0. The highest BCUT2D eigenvalue weighted by molar-refractivity contribution is 7.15. The van der Waals surface area contributed by atoms with Crippen molar-refractivity contribution in [3.63, 3.8) is 0 Å². The Hall–Kier alpha value is -3.06. The zero-order chi connectivity index (χ0) is 19.4. The molecule has 1 amide bonds. The summed E-state index contributed by atoms with van der Waals surface area (Å²) >= 11 is 1.27. The summed E-state index contributed by atoms with van der Waals surface area (Å²) in [6.45, 7) is 5.57. The van der Waals surface area contributed by atoms with Crippen molar-refractivity contribution >= 4 is 28.2 Å². The Morgan fingerprint density at radius 2 is 1.89 bits per heavy atom. The van der Waals surface area contributed by atoms with Gasteiger partial charge in [-0.25, -0.2) is 9.78 Å². The number of nitrogens with one attached hydrogen (secondary N) is 1. The number of aromatic nitrogens is 2. The third-order valence-corrected chi connectivity index (χ3v) is 4.62. The minimum atomic E-state index is -0.476. The maximum atomic E-state index is 12.7. The third-order valence-electron chi connectivity index (χ3n) is 3.72. The summed E-state index contributed by atoms with van der Waals surface area (Å²) in [6.07, 6.45) is 4.03. The molecule has 3 aromatic rings. The van der Waals surface area contributed by atoms with Gasteiger partial charge in [-0.05, 0) is 26.3 Å². The van der Waals surface area contributed by atoms with Gasteiger partial charge in [0.1, 0.15) is 16.3 Å². The molecule has 0 radical (unpaired) electrons. The van der Waals surface area contributed by atoms with Crippen LogP contribution in [0.4, 0.5) is 5.00 Å². The van der Waals surface area contributed by atoms with Crippen LogP contribution in [0.1, 0.15) is 40.3 Å². The van der Waals surface area contributed by atoms with Gasteiger partial charge in [0.15, 0.2) is 0 Å². The van der Waals surface area contributed by atoms with Gasteiger partial charge in [-0.1, -0.05) is 29.8 Å². The number of esters is 1. The normalized spacial score (nSPS) is 10.7. The number of nitrogens with zero attached hydrogens (tertiary/aromatic N) is 2. The molecule has 0 aliphatic carbocycles. The van der Waals surface area contributed by atoms with Crippen LogP contribution in [0.2, 0.25) is 0 Å². The maximum absolute atomic E-state index is 12.7. The van der Waals surface area contributed by atoms with Crippen molar-refractivity contribution < 1.29 is 14.3 Å². The Morgan fingerprint density at radius 1 is 1.15 bits per heavy atom. The number of carbonyl (C=O) groups excluding carboxylic acids is 2. The van der Waals surface area contributed by atoms with E-state index < -0.39 is 11.9 Å². The van der Waals surface area contributed by atoms with Crippen LogP contribution in [0, 0.1) is 6.92 Å². The van der Waals surface area contributed by atoms with Crippen molar-refractivity contribution in [2.45, 2.75) is 26.9 Å². The van der Waals surface area contributed by atoms with Crippen LogP contribution >= 0.6 is 11.3 Å². The topological polar surface area (TPSA) is 81.2 Å². The average molecular weight is 381 g/mol. The van der Waals surface area contributed by atoms with E-state index in [9.17, 15) is 9.59 Å². The van der Waals surface area contributed by atoms with Gasteiger partial charge in [0.2, 0.25) is 0 Å². The van der Waals surface area contributed by atoms with Crippen molar-refractivity contribution in [1.82, 2.24) is 9.97 Å². The Labute approximate surface area is 161 Å². The van der Waals surface area contributed by atoms with Crippen LogP contribution in [0.15, 0.2) is 48.2 Å². The van der Waals surface area contributed by atoms with Crippen molar-refractivity contribution in [2.75, 3.05) is 5.32 Å². The first-order valence-electron chi connectivity index (χ1n) is 8.42. The van der Waals surface area contributed by atoms with Gasteiger partial charge >= 0.3 is 5.97 Å². The van der Waals surface area contributed by atoms with E-state index in [4.69, 9.17) is 4.74 Å². The van der Waals surface area contributed by atoms with E-state index in [0.717, 1.165) is 16.7 Å².